The Kier molecular flexibility index (Phi) is 6.51. The molecule has 2 amide bonds. The van der Waals surface area contributed by atoms with Crippen LogP contribution in [0, 0.1) is 0 Å². The lowest BCUT2D eigenvalue weighted by atomic mass is 10.1. The molecule has 1 aromatic heterocycles. The second-order valence-electron chi connectivity index (χ2n) is 6.02. The average Bonchev–Trinajstić information content (AvgIpc) is 2.61. The summed E-state index contributed by atoms with van der Waals surface area (Å²) < 4.78 is 37.7. The quantitative estimate of drug-likeness (QED) is 0.808. The fourth-order valence-corrected chi connectivity index (χ4v) is 2.13. The average molecular weight is 380 g/mol. The minimum absolute atomic E-state index is 0.0776. The number of carbonyl (C=O) groups is 2. The SMILES string of the molecule is CN(C)CCNC(=O)c1cc(C(=O)Nc2ccc(C(F)(F)F)cc2)ccn1. The standard InChI is InChI=1S/C18H19F3N4O2/c1-25(2)10-9-23-17(27)15-11-12(7-8-22-15)16(26)24-14-5-3-13(4-6-14)18(19,20)21/h3-8,11H,9-10H2,1-2H3,(H,23,27)(H,24,26). The van der Waals surface area contributed by atoms with Gasteiger partial charge >= 0.3 is 6.18 Å². The Bertz CT molecular complexity index is 805. The maximum atomic E-state index is 12.6. The van der Waals surface area contributed by atoms with E-state index < -0.39 is 23.6 Å². The largest absolute Gasteiger partial charge is 0.416 e. The zero-order chi connectivity index (χ0) is 20.0. The van der Waals surface area contributed by atoms with Crippen molar-refractivity contribution in [1.82, 2.24) is 15.2 Å². The number of nitrogens with zero attached hydrogens (tertiary/aromatic N) is 2. The minimum Gasteiger partial charge on any atom is -0.349 e. The second kappa shape index (κ2) is 8.63. The first-order valence-electron chi connectivity index (χ1n) is 8.04. The molecule has 0 saturated carbocycles. The van der Waals surface area contributed by atoms with Crippen molar-refractivity contribution >= 4 is 17.5 Å². The smallest absolute Gasteiger partial charge is 0.349 e. The van der Waals surface area contributed by atoms with Crippen molar-refractivity contribution in [2.75, 3.05) is 32.5 Å². The van der Waals surface area contributed by atoms with Gasteiger partial charge in [-0.05, 0) is 50.5 Å². The molecule has 0 aliphatic heterocycles. The molecule has 0 fully saturated rings. The van der Waals surface area contributed by atoms with E-state index in [1.54, 1.807) is 0 Å². The Hall–Kier alpha value is -2.94. The fraction of sp³-hybridized carbons (Fsp3) is 0.278. The van der Waals surface area contributed by atoms with Gasteiger partial charge in [0.25, 0.3) is 11.8 Å². The summed E-state index contributed by atoms with van der Waals surface area (Å²) in [6.07, 6.45) is -3.12. The lowest BCUT2D eigenvalue weighted by molar-refractivity contribution is -0.137. The summed E-state index contributed by atoms with van der Waals surface area (Å²) in [5.41, 5.74) is -0.348. The Morgan fingerprint density at radius 1 is 1.07 bits per heavy atom. The number of amides is 2. The predicted molar refractivity (Wildman–Crippen MR) is 94.5 cm³/mol. The number of alkyl halides is 3. The van der Waals surface area contributed by atoms with Crippen molar-refractivity contribution in [2.45, 2.75) is 6.18 Å². The van der Waals surface area contributed by atoms with Crippen LogP contribution in [0.4, 0.5) is 18.9 Å². The lowest BCUT2D eigenvalue weighted by Gasteiger charge is -2.11. The van der Waals surface area contributed by atoms with E-state index in [2.05, 4.69) is 15.6 Å². The van der Waals surface area contributed by atoms with Crippen molar-refractivity contribution in [3.05, 3.63) is 59.4 Å². The summed E-state index contributed by atoms with van der Waals surface area (Å²) in [5, 5.41) is 5.17. The van der Waals surface area contributed by atoms with E-state index in [1.165, 1.54) is 18.3 Å². The van der Waals surface area contributed by atoms with E-state index in [4.69, 9.17) is 0 Å². The van der Waals surface area contributed by atoms with Crippen molar-refractivity contribution < 1.29 is 22.8 Å². The molecule has 0 aliphatic rings. The number of nitrogens with one attached hydrogen (secondary N) is 2. The minimum atomic E-state index is -4.44. The van der Waals surface area contributed by atoms with Gasteiger partial charge in [-0.15, -0.1) is 0 Å². The normalized spacial score (nSPS) is 11.3. The van der Waals surface area contributed by atoms with Crippen LogP contribution in [0.25, 0.3) is 0 Å². The number of halogens is 3. The summed E-state index contributed by atoms with van der Waals surface area (Å²) in [5.74, 6) is -0.972. The van der Waals surface area contributed by atoms with Gasteiger partial charge < -0.3 is 15.5 Å². The van der Waals surface area contributed by atoms with Crippen LogP contribution >= 0.6 is 0 Å². The molecule has 144 valence electrons. The lowest BCUT2D eigenvalue weighted by Crippen LogP contribution is -2.32. The topological polar surface area (TPSA) is 74.3 Å². The zero-order valence-electron chi connectivity index (χ0n) is 14.8. The third-order valence-corrected chi connectivity index (χ3v) is 3.57. The molecular weight excluding hydrogens is 361 g/mol. The molecule has 2 rings (SSSR count). The molecule has 0 spiro atoms. The van der Waals surface area contributed by atoms with Gasteiger partial charge in [-0.3, -0.25) is 14.6 Å². The van der Waals surface area contributed by atoms with E-state index in [1.807, 2.05) is 19.0 Å². The van der Waals surface area contributed by atoms with Gasteiger partial charge in [0.2, 0.25) is 0 Å². The molecule has 2 N–H and O–H groups in total. The van der Waals surface area contributed by atoms with Crippen LogP contribution in [-0.2, 0) is 6.18 Å². The highest BCUT2D eigenvalue weighted by molar-refractivity contribution is 6.05. The van der Waals surface area contributed by atoms with Crippen molar-refractivity contribution in [1.29, 1.82) is 0 Å². The monoisotopic (exact) mass is 380 g/mol. The van der Waals surface area contributed by atoms with E-state index in [-0.39, 0.29) is 16.9 Å². The second-order valence-corrected chi connectivity index (χ2v) is 6.02. The van der Waals surface area contributed by atoms with Crippen molar-refractivity contribution in [3.8, 4) is 0 Å². The summed E-state index contributed by atoms with van der Waals surface area (Å²) in [4.78, 5) is 30.2. The summed E-state index contributed by atoms with van der Waals surface area (Å²) >= 11 is 0. The van der Waals surface area contributed by atoms with Crippen LogP contribution in [0.3, 0.4) is 0 Å². The Morgan fingerprint density at radius 2 is 1.74 bits per heavy atom. The third kappa shape index (κ3) is 6.07. The van der Waals surface area contributed by atoms with Crippen LogP contribution in [0.2, 0.25) is 0 Å². The Morgan fingerprint density at radius 3 is 2.33 bits per heavy atom. The summed E-state index contributed by atoms with van der Waals surface area (Å²) in [6.45, 7) is 1.08. The number of likely N-dealkylation sites (N-methyl/N-ethyl adjacent to an activating group) is 1. The first kappa shape index (κ1) is 20.4. The van der Waals surface area contributed by atoms with E-state index in [0.29, 0.717) is 13.1 Å². The highest BCUT2D eigenvalue weighted by Crippen LogP contribution is 2.29. The molecule has 0 unspecified atom stereocenters. The molecule has 0 saturated heterocycles. The molecular formula is C18H19F3N4O2. The summed E-state index contributed by atoms with van der Waals surface area (Å²) in [6, 6.07) is 6.82. The highest BCUT2D eigenvalue weighted by Gasteiger charge is 2.30. The van der Waals surface area contributed by atoms with Gasteiger partial charge in [0.05, 0.1) is 5.56 Å². The number of hydrogen-bond acceptors (Lipinski definition) is 4. The van der Waals surface area contributed by atoms with Gasteiger partial charge in [0.1, 0.15) is 5.69 Å². The molecule has 27 heavy (non-hydrogen) atoms. The molecule has 9 heteroatoms. The van der Waals surface area contributed by atoms with Crippen LogP contribution in [0.1, 0.15) is 26.4 Å². The van der Waals surface area contributed by atoms with Gasteiger partial charge in [-0.1, -0.05) is 0 Å². The predicted octanol–water partition coefficient (Wildman–Crippen LogP) is 2.64. The molecule has 0 aliphatic carbocycles. The molecule has 2 aromatic rings. The Balaban J connectivity index is 2.03. The van der Waals surface area contributed by atoms with Gasteiger partial charge in [0, 0.05) is 30.5 Å². The number of rotatable bonds is 6. The molecule has 0 bridgehead atoms. The van der Waals surface area contributed by atoms with E-state index in [9.17, 15) is 22.8 Å². The van der Waals surface area contributed by atoms with E-state index in [0.717, 1.165) is 24.3 Å². The number of benzene rings is 1. The van der Waals surface area contributed by atoms with Crippen molar-refractivity contribution in [2.24, 2.45) is 0 Å². The zero-order valence-corrected chi connectivity index (χ0v) is 14.8. The molecule has 0 atom stereocenters. The number of aromatic nitrogens is 1. The van der Waals surface area contributed by atoms with Crippen LogP contribution in [0.15, 0.2) is 42.6 Å². The van der Waals surface area contributed by atoms with E-state index >= 15 is 0 Å². The van der Waals surface area contributed by atoms with Gasteiger partial charge in [-0.25, -0.2) is 0 Å². The number of anilines is 1. The fourth-order valence-electron chi connectivity index (χ4n) is 2.13. The number of hydrogen-bond donors (Lipinski definition) is 2. The molecule has 6 nitrogen and oxygen atoms in total. The maximum Gasteiger partial charge on any atom is 0.416 e. The Labute approximate surface area is 154 Å². The number of carbonyl (C=O) groups excluding carboxylic acids is 2. The van der Waals surface area contributed by atoms with Gasteiger partial charge in [-0.2, -0.15) is 13.2 Å². The first-order chi connectivity index (χ1) is 12.7. The third-order valence-electron chi connectivity index (χ3n) is 3.57. The van der Waals surface area contributed by atoms with Crippen LogP contribution in [-0.4, -0.2) is 48.9 Å². The summed E-state index contributed by atoms with van der Waals surface area (Å²) in [7, 11) is 3.74. The number of pyridine rings is 1. The molecule has 1 aromatic carbocycles. The molecule has 1 heterocycles. The molecule has 0 radical (unpaired) electrons. The maximum absolute atomic E-state index is 12.6. The van der Waals surface area contributed by atoms with Crippen molar-refractivity contribution in [3.63, 3.8) is 0 Å². The first-order valence-corrected chi connectivity index (χ1v) is 8.04. The van der Waals surface area contributed by atoms with Gasteiger partial charge in [0.15, 0.2) is 0 Å². The van der Waals surface area contributed by atoms with Crippen LogP contribution in [0.5, 0.6) is 0 Å². The van der Waals surface area contributed by atoms with Crippen LogP contribution < -0.4 is 10.6 Å². The highest BCUT2D eigenvalue weighted by atomic mass is 19.4.